The Bertz CT molecular complexity index is 1400. The van der Waals surface area contributed by atoms with Gasteiger partial charge in [-0.1, -0.05) is 43.3 Å². The summed E-state index contributed by atoms with van der Waals surface area (Å²) in [6.07, 6.45) is 2.54. The van der Waals surface area contributed by atoms with Gasteiger partial charge in [0.1, 0.15) is 0 Å². The number of rotatable bonds is 9. The molecular weight excluding hydrogens is 604 g/mol. The molecule has 1 aromatic carbocycles. The van der Waals surface area contributed by atoms with Crippen LogP contribution in [0.3, 0.4) is 0 Å². The summed E-state index contributed by atoms with van der Waals surface area (Å²) in [4.78, 5) is 12.2. The number of hydrogen-bond donors (Lipinski definition) is 1. The molecule has 0 aliphatic heterocycles. The van der Waals surface area contributed by atoms with E-state index < -0.39 is 42.7 Å². The first kappa shape index (κ1) is 35.8. The van der Waals surface area contributed by atoms with E-state index >= 15 is 0 Å². The number of aromatic nitrogens is 1. The number of hydrogen-bond acceptors (Lipinski definition) is 6. The fraction of sp³-hybridized carbons (Fsp3) is 0.417. The summed E-state index contributed by atoms with van der Waals surface area (Å²) in [5.74, 6) is 0. The van der Waals surface area contributed by atoms with E-state index in [0.29, 0.717) is 13.2 Å². The molecule has 0 spiro atoms. The maximum Gasteiger partial charge on any atom is 0.480 e. The standard InChI is InChI=1S/C22H28N2O2.C2F6NO4S2/c1-6-20-12-7-8-13-24(20)14-15-26-21(25)23-22(4,5)19-11-9-10-18(16-19)17(2)3;3-1(4,5)14(10,11)9-15(12,13)2(6,7)8/h7-13,16H,2,6,14-15H2,1,3-5H3;/q;-1/p+1. The largest absolute Gasteiger partial charge is 0.480 e. The van der Waals surface area contributed by atoms with Crippen LogP contribution in [0.2, 0.25) is 0 Å². The van der Waals surface area contributed by atoms with E-state index in [0.717, 1.165) is 27.2 Å². The summed E-state index contributed by atoms with van der Waals surface area (Å²) in [6.45, 7) is 13.0. The van der Waals surface area contributed by atoms with Crippen molar-refractivity contribution in [3.8, 4) is 0 Å². The highest BCUT2D eigenvalue weighted by atomic mass is 32.3. The molecule has 9 nitrogen and oxygen atoms in total. The lowest BCUT2D eigenvalue weighted by atomic mass is 9.92. The van der Waals surface area contributed by atoms with Gasteiger partial charge in [0.05, 0.1) is 5.54 Å². The Hall–Kier alpha value is -3.18. The number of alkyl halides is 6. The fourth-order valence-electron chi connectivity index (χ4n) is 3.04. The third kappa shape index (κ3) is 10.6. The Balaban J connectivity index is 0.000000479. The normalized spacial score (nSPS) is 12.6. The molecule has 0 bridgehead atoms. The Morgan fingerprint density at radius 1 is 0.976 bits per heavy atom. The molecule has 0 fully saturated rings. The van der Waals surface area contributed by atoms with Gasteiger partial charge in [0.25, 0.3) is 0 Å². The summed E-state index contributed by atoms with van der Waals surface area (Å²) in [6, 6.07) is 14.1. The first-order valence-corrected chi connectivity index (χ1v) is 14.5. The molecular formula is C24H29F6N3O6S2. The van der Waals surface area contributed by atoms with Crippen LogP contribution in [0.15, 0.2) is 55.2 Å². The lowest BCUT2D eigenvalue weighted by molar-refractivity contribution is -0.704. The van der Waals surface area contributed by atoms with Crippen molar-refractivity contribution in [2.75, 3.05) is 6.61 Å². The van der Waals surface area contributed by atoms with Gasteiger partial charge < -0.3 is 14.2 Å². The SMILES string of the molecule is C=C(C)c1cccc(C(C)(C)NC(=O)OCC[n+]2ccccc2CC)c1.O=S(=O)([N-]S(=O)(=O)C(F)(F)F)C(F)(F)F. The second kappa shape index (κ2) is 13.7. The van der Waals surface area contributed by atoms with Crippen LogP contribution in [0.25, 0.3) is 9.70 Å². The van der Waals surface area contributed by atoms with E-state index in [2.05, 4.69) is 35.5 Å². The first-order chi connectivity index (χ1) is 18.5. The van der Waals surface area contributed by atoms with Crippen LogP contribution in [0.5, 0.6) is 0 Å². The van der Waals surface area contributed by atoms with Crippen LogP contribution in [0.1, 0.15) is 44.5 Å². The van der Waals surface area contributed by atoms with E-state index in [1.807, 2.05) is 57.3 Å². The van der Waals surface area contributed by atoms with E-state index in [9.17, 15) is 48.0 Å². The summed E-state index contributed by atoms with van der Waals surface area (Å²) in [7, 11) is -13.4. The second-order valence-corrected chi connectivity index (χ2v) is 12.3. The number of carbonyl (C=O) groups is 1. The van der Waals surface area contributed by atoms with Crippen LogP contribution in [0.4, 0.5) is 31.1 Å². The molecule has 1 aromatic heterocycles. The molecule has 0 radical (unpaired) electrons. The number of carbonyl (C=O) groups excluding carboxylic acids is 1. The lowest BCUT2D eigenvalue weighted by Gasteiger charge is -2.27. The number of halogens is 6. The van der Waals surface area contributed by atoms with Crippen molar-refractivity contribution in [2.24, 2.45) is 0 Å². The number of ether oxygens (including phenoxy) is 1. The zero-order chi connectivity index (χ0) is 31.9. The Morgan fingerprint density at radius 3 is 2.02 bits per heavy atom. The van der Waals surface area contributed by atoms with Crippen LogP contribution in [0, 0.1) is 0 Å². The maximum atomic E-state index is 12.2. The molecule has 0 aliphatic carbocycles. The maximum absolute atomic E-state index is 12.2. The summed E-state index contributed by atoms with van der Waals surface area (Å²) in [5.41, 5.74) is -8.64. The monoisotopic (exact) mass is 633 g/mol. The van der Waals surface area contributed by atoms with Gasteiger partial charge in [-0.2, -0.15) is 30.9 Å². The van der Waals surface area contributed by atoms with E-state index in [1.54, 1.807) is 0 Å². The Kier molecular flexibility index (Phi) is 11.9. The van der Waals surface area contributed by atoms with E-state index in [1.165, 1.54) is 5.69 Å². The van der Waals surface area contributed by atoms with Crippen molar-refractivity contribution in [3.63, 3.8) is 0 Å². The highest BCUT2D eigenvalue weighted by Crippen LogP contribution is 2.36. The van der Waals surface area contributed by atoms with Crippen molar-refractivity contribution >= 4 is 31.7 Å². The number of amides is 1. The molecule has 17 heteroatoms. The van der Waals surface area contributed by atoms with Crippen molar-refractivity contribution in [3.05, 3.63) is 76.2 Å². The molecule has 0 saturated carbocycles. The van der Waals surface area contributed by atoms with Gasteiger partial charge in [-0.25, -0.2) is 21.6 Å². The van der Waals surface area contributed by atoms with Crippen LogP contribution < -0.4 is 9.88 Å². The third-order valence-corrected chi connectivity index (χ3v) is 7.98. The highest BCUT2D eigenvalue weighted by Gasteiger charge is 2.47. The number of pyridine rings is 1. The molecule has 0 atom stereocenters. The zero-order valence-electron chi connectivity index (χ0n) is 22.4. The van der Waals surface area contributed by atoms with Crippen molar-refractivity contribution in [1.82, 2.24) is 5.32 Å². The molecule has 1 amide bonds. The van der Waals surface area contributed by atoms with Gasteiger partial charge in [0, 0.05) is 18.6 Å². The summed E-state index contributed by atoms with van der Waals surface area (Å²) in [5, 5.41) is 2.95. The molecule has 2 rings (SSSR count). The van der Waals surface area contributed by atoms with Gasteiger partial charge in [-0.15, -0.1) is 0 Å². The number of alkyl carbamates (subject to hydrolysis) is 1. The van der Waals surface area contributed by atoms with Crippen molar-refractivity contribution in [1.29, 1.82) is 0 Å². The predicted octanol–water partition coefficient (Wildman–Crippen LogP) is 5.29. The Labute approximate surface area is 234 Å². The molecule has 1 heterocycles. The molecule has 0 saturated heterocycles. The number of nitrogens with zero attached hydrogens (tertiary/aromatic N) is 2. The van der Waals surface area contributed by atoms with Crippen LogP contribution >= 0.6 is 0 Å². The molecule has 0 aliphatic rings. The van der Waals surface area contributed by atoms with Gasteiger partial charge >= 0.3 is 17.1 Å². The highest BCUT2D eigenvalue weighted by molar-refractivity contribution is 8.13. The fourth-order valence-corrected chi connectivity index (χ4v) is 4.75. The summed E-state index contributed by atoms with van der Waals surface area (Å²) >= 11 is 0. The molecule has 2 aromatic rings. The average molecular weight is 634 g/mol. The second-order valence-electron chi connectivity index (χ2n) is 8.90. The number of nitrogens with one attached hydrogen (secondary N) is 1. The molecule has 41 heavy (non-hydrogen) atoms. The third-order valence-electron chi connectivity index (χ3n) is 5.24. The van der Waals surface area contributed by atoms with Gasteiger partial charge in [0.2, 0.25) is 0 Å². The minimum atomic E-state index is -6.72. The van der Waals surface area contributed by atoms with Gasteiger partial charge in [-0.05, 0) is 38.0 Å². The predicted molar refractivity (Wildman–Crippen MR) is 138 cm³/mol. The minimum Gasteiger partial charge on any atom is -0.443 e. The van der Waals surface area contributed by atoms with Gasteiger partial charge in [0.15, 0.2) is 45.1 Å². The first-order valence-electron chi connectivity index (χ1n) is 11.6. The van der Waals surface area contributed by atoms with E-state index in [4.69, 9.17) is 4.74 Å². The summed E-state index contributed by atoms with van der Waals surface area (Å²) < 4.78 is 117. The van der Waals surface area contributed by atoms with Crippen molar-refractivity contribution < 1.29 is 57.3 Å². The quantitative estimate of drug-likeness (QED) is 0.296. The van der Waals surface area contributed by atoms with Gasteiger partial charge in [-0.3, -0.25) is 0 Å². The average Bonchev–Trinajstić information content (AvgIpc) is 2.82. The Morgan fingerprint density at radius 2 is 1.54 bits per heavy atom. The smallest absolute Gasteiger partial charge is 0.443 e. The molecule has 230 valence electrons. The number of allylic oxidation sites excluding steroid dienone is 1. The number of aryl methyl sites for hydroxylation is 1. The molecule has 0 unspecified atom stereocenters. The number of benzene rings is 1. The zero-order valence-corrected chi connectivity index (χ0v) is 24.0. The topological polar surface area (TPSA) is 125 Å². The lowest BCUT2D eigenvalue weighted by Crippen LogP contribution is -2.44. The van der Waals surface area contributed by atoms with Crippen LogP contribution in [-0.2, 0) is 43.3 Å². The van der Waals surface area contributed by atoms with Crippen LogP contribution in [-0.4, -0.2) is 40.6 Å². The van der Waals surface area contributed by atoms with E-state index in [-0.39, 0.29) is 0 Å². The minimum absolute atomic E-state index is 0.329. The number of sulfonamides is 2. The molecule has 1 N–H and O–H groups in total. The van der Waals surface area contributed by atoms with Crippen molar-refractivity contribution in [2.45, 2.75) is 57.2 Å².